The second kappa shape index (κ2) is 6.78. The van der Waals surface area contributed by atoms with E-state index in [0.29, 0.717) is 27.1 Å². The number of pyridine rings is 1. The van der Waals surface area contributed by atoms with Crippen molar-refractivity contribution in [1.82, 2.24) is 4.98 Å². The first-order valence-electron chi connectivity index (χ1n) is 6.53. The molecule has 2 aromatic rings. The topological polar surface area (TPSA) is 68.0 Å². The van der Waals surface area contributed by atoms with Gasteiger partial charge in [0.1, 0.15) is 5.82 Å². The van der Waals surface area contributed by atoms with Crippen molar-refractivity contribution in [3.63, 3.8) is 0 Å². The summed E-state index contributed by atoms with van der Waals surface area (Å²) in [7, 11) is 0. The lowest BCUT2D eigenvalue weighted by molar-refractivity contribution is 0.102. The molecule has 0 aliphatic rings. The Morgan fingerprint density at radius 1 is 1.29 bits per heavy atom. The Morgan fingerprint density at radius 2 is 1.95 bits per heavy atom. The van der Waals surface area contributed by atoms with E-state index < -0.39 is 0 Å². The van der Waals surface area contributed by atoms with Crippen LogP contribution in [0.15, 0.2) is 30.3 Å². The fraction of sp³-hybridized carbons (Fsp3) is 0.200. The Hall–Kier alpha value is -1.78. The molecule has 2 rings (SSSR count). The normalized spacial score (nSPS) is 10.4. The lowest BCUT2D eigenvalue weighted by Gasteiger charge is -2.10. The van der Waals surface area contributed by atoms with Gasteiger partial charge < -0.3 is 11.1 Å². The molecule has 1 amide bonds. The second-order valence-electron chi connectivity index (χ2n) is 4.57. The number of hydrogen-bond acceptors (Lipinski definition) is 3. The molecule has 3 N–H and O–H groups in total. The van der Waals surface area contributed by atoms with Gasteiger partial charge in [0.05, 0.1) is 15.7 Å². The number of amides is 1. The molecule has 110 valence electrons. The van der Waals surface area contributed by atoms with Gasteiger partial charge in [-0.15, -0.1) is 0 Å². The van der Waals surface area contributed by atoms with E-state index in [2.05, 4.69) is 10.3 Å². The zero-order valence-corrected chi connectivity index (χ0v) is 13.0. The number of rotatable bonds is 4. The predicted octanol–water partition coefficient (Wildman–Crippen LogP) is 4.18. The monoisotopic (exact) mass is 323 g/mol. The molecule has 1 heterocycles. The van der Waals surface area contributed by atoms with Crippen molar-refractivity contribution < 1.29 is 4.79 Å². The number of para-hydroxylation sites is 1. The number of nitrogens with two attached hydrogens (primary N) is 1. The molecule has 6 heteroatoms. The fourth-order valence-corrected chi connectivity index (χ4v) is 2.42. The molecule has 0 aliphatic heterocycles. The van der Waals surface area contributed by atoms with E-state index in [4.69, 9.17) is 28.9 Å². The van der Waals surface area contributed by atoms with Crippen LogP contribution in [0.2, 0.25) is 10.0 Å². The van der Waals surface area contributed by atoms with Crippen molar-refractivity contribution in [3.05, 3.63) is 51.6 Å². The number of nitrogen functional groups attached to an aromatic ring is 1. The number of aromatic nitrogens is 1. The summed E-state index contributed by atoms with van der Waals surface area (Å²) in [5.74, 6) is -0.00666. The molecule has 0 spiro atoms. The van der Waals surface area contributed by atoms with Gasteiger partial charge in [-0.25, -0.2) is 4.98 Å². The maximum Gasteiger partial charge on any atom is 0.255 e. The predicted molar refractivity (Wildman–Crippen MR) is 87.1 cm³/mol. The van der Waals surface area contributed by atoms with E-state index in [-0.39, 0.29) is 5.91 Å². The molecule has 0 aliphatic carbocycles. The summed E-state index contributed by atoms with van der Waals surface area (Å²) in [6.07, 6.45) is 1.69. The fourth-order valence-electron chi connectivity index (χ4n) is 1.93. The second-order valence-corrected chi connectivity index (χ2v) is 5.39. The maximum atomic E-state index is 12.3. The number of carbonyl (C=O) groups excluding carboxylic acids is 1. The van der Waals surface area contributed by atoms with E-state index in [1.54, 1.807) is 24.3 Å². The number of aryl methyl sites for hydroxylation is 1. The Bertz CT molecular complexity index is 654. The zero-order valence-electron chi connectivity index (χ0n) is 11.5. The first-order valence-corrected chi connectivity index (χ1v) is 7.28. The van der Waals surface area contributed by atoms with Gasteiger partial charge in [-0.1, -0.05) is 42.6 Å². The van der Waals surface area contributed by atoms with Gasteiger partial charge in [0.2, 0.25) is 0 Å². The standard InChI is InChI=1S/C15H15Cl2N3O/c1-2-4-10-7-9(8-13(18)19-10)15(21)20-14-11(16)5-3-6-12(14)17/h3,5-8H,2,4H2,1H3,(H2,18,19)(H,20,21). The maximum absolute atomic E-state index is 12.3. The largest absolute Gasteiger partial charge is 0.384 e. The Morgan fingerprint density at radius 3 is 2.57 bits per heavy atom. The number of nitrogens with zero attached hydrogens (tertiary/aromatic N) is 1. The number of halogens is 2. The third-order valence-electron chi connectivity index (χ3n) is 2.87. The van der Waals surface area contributed by atoms with Crippen molar-refractivity contribution >= 4 is 40.6 Å². The number of nitrogens with one attached hydrogen (secondary N) is 1. The number of benzene rings is 1. The Labute approximate surface area is 133 Å². The number of hydrogen-bond donors (Lipinski definition) is 2. The molecule has 0 fully saturated rings. The lowest BCUT2D eigenvalue weighted by atomic mass is 10.1. The molecule has 4 nitrogen and oxygen atoms in total. The van der Waals surface area contributed by atoms with Crippen LogP contribution in [-0.2, 0) is 6.42 Å². The highest BCUT2D eigenvalue weighted by Gasteiger charge is 2.13. The van der Waals surface area contributed by atoms with Crippen LogP contribution in [0.25, 0.3) is 0 Å². The van der Waals surface area contributed by atoms with Gasteiger partial charge in [0, 0.05) is 11.3 Å². The highest BCUT2D eigenvalue weighted by atomic mass is 35.5. The average Bonchev–Trinajstić information content (AvgIpc) is 2.42. The van der Waals surface area contributed by atoms with Gasteiger partial charge in [0.25, 0.3) is 5.91 Å². The molecule has 1 aromatic heterocycles. The van der Waals surface area contributed by atoms with Crippen molar-refractivity contribution in [1.29, 1.82) is 0 Å². The summed E-state index contributed by atoms with van der Waals surface area (Å²) in [6, 6.07) is 8.28. The van der Waals surface area contributed by atoms with E-state index in [1.165, 1.54) is 6.07 Å². The van der Waals surface area contributed by atoms with Crippen LogP contribution in [0.1, 0.15) is 29.4 Å². The molecule has 0 radical (unpaired) electrons. The lowest BCUT2D eigenvalue weighted by Crippen LogP contribution is -2.14. The first-order chi connectivity index (χ1) is 10.0. The molecule has 0 unspecified atom stereocenters. The van der Waals surface area contributed by atoms with E-state index >= 15 is 0 Å². The first kappa shape index (κ1) is 15.6. The molecule has 1 aromatic carbocycles. The van der Waals surface area contributed by atoms with Gasteiger partial charge in [-0.2, -0.15) is 0 Å². The molecular weight excluding hydrogens is 309 g/mol. The Kier molecular flexibility index (Phi) is 5.04. The minimum absolute atomic E-state index is 0.316. The summed E-state index contributed by atoms with van der Waals surface area (Å²) >= 11 is 12.1. The van der Waals surface area contributed by atoms with Crippen molar-refractivity contribution in [3.8, 4) is 0 Å². The van der Waals surface area contributed by atoms with Crippen molar-refractivity contribution in [2.75, 3.05) is 11.1 Å². The molecule has 0 atom stereocenters. The minimum atomic E-state index is -0.323. The van der Waals surface area contributed by atoms with E-state index in [1.807, 2.05) is 6.92 Å². The van der Waals surface area contributed by atoms with Gasteiger partial charge in [0.15, 0.2) is 0 Å². The van der Waals surface area contributed by atoms with E-state index in [9.17, 15) is 4.79 Å². The minimum Gasteiger partial charge on any atom is -0.384 e. The summed E-state index contributed by atoms with van der Waals surface area (Å²) < 4.78 is 0. The van der Waals surface area contributed by atoms with Gasteiger partial charge >= 0.3 is 0 Å². The van der Waals surface area contributed by atoms with Crippen LogP contribution in [-0.4, -0.2) is 10.9 Å². The van der Waals surface area contributed by atoms with E-state index in [0.717, 1.165) is 18.5 Å². The molecule has 0 bridgehead atoms. The summed E-state index contributed by atoms with van der Waals surface area (Å²) in [4.78, 5) is 16.5. The van der Waals surface area contributed by atoms with Crippen molar-refractivity contribution in [2.24, 2.45) is 0 Å². The molecule has 0 saturated heterocycles. The molecule has 21 heavy (non-hydrogen) atoms. The zero-order chi connectivity index (χ0) is 15.4. The number of anilines is 2. The average molecular weight is 324 g/mol. The molecule has 0 saturated carbocycles. The highest BCUT2D eigenvalue weighted by Crippen LogP contribution is 2.30. The van der Waals surface area contributed by atoms with Crippen LogP contribution in [0.5, 0.6) is 0 Å². The van der Waals surface area contributed by atoms with Gasteiger partial charge in [-0.3, -0.25) is 4.79 Å². The quantitative estimate of drug-likeness (QED) is 0.887. The SMILES string of the molecule is CCCc1cc(C(=O)Nc2c(Cl)cccc2Cl)cc(N)n1. The van der Waals surface area contributed by atoms with Crippen LogP contribution in [0.4, 0.5) is 11.5 Å². The summed E-state index contributed by atoms with van der Waals surface area (Å²) in [5, 5.41) is 3.47. The summed E-state index contributed by atoms with van der Waals surface area (Å²) in [5.41, 5.74) is 7.34. The van der Waals surface area contributed by atoms with Crippen LogP contribution in [0.3, 0.4) is 0 Å². The molecular formula is C15H15Cl2N3O. The van der Waals surface area contributed by atoms with Crippen LogP contribution < -0.4 is 11.1 Å². The van der Waals surface area contributed by atoms with Crippen LogP contribution in [0, 0.1) is 0 Å². The van der Waals surface area contributed by atoms with Gasteiger partial charge in [-0.05, 0) is 30.7 Å². The Balaban J connectivity index is 2.28. The third kappa shape index (κ3) is 3.86. The highest BCUT2D eigenvalue weighted by molar-refractivity contribution is 6.40. The number of carbonyl (C=O) groups is 1. The van der Waals surface area contributed by atoms with Crippen LogP contribution >= 0.6 is 23.2 Å². The summed E-state index contributed by atoms with van der Waals surface area (Å²) in [6.45, 7) is 2.04. The smallest absolute Gasteiger partial charge is 0.255 e. The third-order valence-corrected chi connectivity index (χ3v) is 3.50. The van der Waals surface area contributed by atoms with Crippen molar-refractivity contribution in [2.45, 2.75) is 19.8 Å².